The number of fused-ring (bicyclic) bond motifs is 1. The van der Waals surface area contributed by atoms with E-state index < -0.39 is 0 Å². The fourth-order valence-electron chi connectivity index (χ4n) is 2.18. The molecule has 2 rings (SSSR count). The highest BCUT2D eigenvalue weighted by atomic mass is 16.5. The predicted molar refractivity (Wildman–Crippen MR) is 72.6 cm³/mol. The van der Waals surface area contributed by atoms with Crippen LogP contribution < -0.4 is 4.74 Å². The molecular formula is C15H18N2O2. The van der Waals surface area contributed by atoms with Crippen molar-refractivity contribution in [3.05, 3.63) is 29.3 Å². The number of hydrogen-bond acceptors (Lipinski definition) is 4. The van der Waals surface area contributed by atoms with Gasteiger partial charge in [-0.15, -0.1) is 0 Å². The van der Waals surface area contributed by atoms with Crippen molar-refractivity contribution in [2.75, 3.05) is 6.61 Å². The first-order valence-corrected chi connectivity index (χ1v) is 6.44. The van der Waals surface area contributed by atoms with Gasteiger partial charge in [0.1, 0.15) is 5.75 Å². The van der Waals surface area contributed by atoms with Crippen molar-refractivity contribution < 1.29 is 9.94 Å². The molecule has 0 spiro atoms. The Morgan fingerprint density at radius 1 is 1.42 bits per heavy atom. The van der Waals surface area contributed by atoms with Gasteiger partial charge in [0.2, 0.25) is 0 Å². The smallest absolute Gasteiger partial charge is 0.123 e. The largest absolute Gasteiger partial charge is 0.493 e. The van der Waals surface area contributed by atoms with Crippen LogP contribution in [0.1, 0.15) is 37.8 Å². The molecule has 0 saturated carbocycles. The molecule has 4 nitrogen and oxygen atoms in total. The van der Waals surface area contributed by atoms with E-state index in [9.17, 15) is 0 Å². The van der Waals surface area contributed by atoms with Gasteiger partial charge in [-0.3, -0.25) is 0 Å². The van der Waals surface area contributed by atoms with Gasteiger partial charge in [0.05, 0.1) is 23.8 Å². The van der Waals surface area contributed by atoms with E-state index in [0.717, 1.165) is 35.4 Å². The van der Waals surface area contributed by atoms with Gasteiger partial charge in [-0.1, -0.05) is 17.3 Å². The highest BCUT2D eigenvalue weighted by Crippen LogP contribution is 2.31. The lowest BCUT2D eigenvalue weighted by Gasteiger charge is -2.16. The van der Waals surface area contributed by atoms with Gasteiger partial charge in [-0.25, -0.2) is 0 Å². The molecule has 1 aliphatic carbocycles. The molecule has 0 radical (unpaired) electrons. The van der Waals surface area contributed by atoms with Crippen LogP contribution in [0.25, 0.3) is 0 Å². The first-order chi connectivity index (χ1) is 9.07. The normalized spacial score (nSPS) is 16.2. The van der Waals surface area contributed by atoms with Gasteiger partial charge in [-0.2, -0.15) is 5.26 Å². The maximum Gasteiger partial charge on any atom is 0.123 e. The predicted octanol–water partition coefficient (Wildman–Crippen LogP) is 3.13. The zero-order valence-corrected chi connectivity index (χ0v) is 11.3. The summed E-state index contributed by atoms with van der Waals surface area (Å²) in [5, 5.41) is 21.2. The Balaban J connectivity index is 2.08. The minimum atomic E-state index is -0.365. The Labute approximate surface area is 113 Å². The number of ether oxygens (including phenoxy) is 1. The van der Waals surface area contributed by atoms with Gasteiger partial charge >= 0.3 is 0 Å². The molecule has 0 aliphatic heterocycles. The molecule has 0 bridgehead atoms. The standard InChI is InChI=1S/C15H18N2O2/c1-15(2,10-16)8-9-19-14-5-3-4-11-12(14)6-7-13(11)17-18/h3-5,18H,6-9H2,1-2H3. The van der Waals surface area contributed by atoms with E-state index >= 15 is 0 Å². The maximum atomic E-state index is 8.96. The molecule has 0 saturated heterocycles. The van der Waals surface area contributed by atoms with Crippen LogP contribution in [0.5, 0.6) is 5.75 Å². The molecule has 0 amide bonds. The summed E-state index contributed by atoms with van der Waals surface area (Å²) in [7, 11) is 0. The molecule has 1 N–H and O–H groups in total. The van der Waals surface area contributed by atoms with Gasteiger partial charge < -0.3 is 9.94 Å². The second-order valence-corrected chi connectivity index (χ2v) is 5.42. The number of benzene rings is 1. The van der Waals surface area contributed by atoms with Crippen LogP contribution in [0.2, 0.25) is 0 Å². The van der Waals surface area contributed by atoms with Crippen molar-refractivity contribution in [2.24, 2.45) is 10.6 Å². The van der Waals surface area contributed by atoms with E-state index in [2.05, 4.69) is 11.2 Å². The monoisotopic (exact) mass is 258 g/mol. The van der Waals surface area contributed by atoms with Crippen molar-refractivity contribution >= 4 is 5.71 Å². The lowest BCUT2D eigenvalue weighted by molar-refractivity contribution is 0.262. The molecular weight excluding hydrogens is 240 g/mol. The van der Waals surface area contributed by atoms with Crippen LogP contribution in [-0.2, 0) is 6.42 Å². The van der Waals surface area contributed by atoms with E-state index in [1.807, 2.05) is 32.0 Å². The Hall–Kier alpha value is -2.02. The van der Waals surface area contributed by atoms with E-state index in [-0.39, 0.29) is 5.41 Å². The average Bonchev–Trinajstić information content (AvgIpc) is 2.82. The Morgan fingerprint density at radius 3 is 2.89 bits per heavy atom. The van der Waals surface area contributed by atoms with Crippen LogP contribution in [-0.4, -0.2) is 17.5 Å². The summed E-state index contributed by atoms with van der Waals surface area (Å²) in [5.74, 6) is 0.838. The van der Waals surface area contributed by atoms with Crippen molar-refractivity contribution in [3.63, 3.8) is 0 Å². The van der Waals surface area contributed by atoms with Crippen LogP contribution in [0.15, 0.2) is 23.4 Å². The third-order valence-corrected chi connectivity index (χ3v) is 3.46. The molecule has 1 aromatic carbocycles. The third kappa shape index (κ3) is 2.87. The second-order valence-electron chi connectivity index (χ2n) is 5.42. The van der Waals surface area contributed by atoms with E-state index in [1.165, 1.54) is 0 Å². The summed E-state index contributed by atoms with van der Waals surface area (Å²) in [5.41, 5.74) is 2.43. The highest BCUT2D eigenvalue weighted by Gasteiger charge is 2.22. The summed E-state index contributed by atoms with van der Waals surface area (Å²) < 4.78 is 5.79. The quantitative estimate of drug-likeness (QED) is 0.666. The summed E-state index contributed by atoms with van der Waals surface area (Å²) in [6.45, 7) is 4.33. The average molecular weight is 258 g/mol. The lowest BCUT2D eigenvalue weighted by Crippen LogP contribution is -2.13. The summed E-state index contributed by atoms with van der Waals surface area (Å²) in [6.07, 6.45) is 2.27. The van der Waals surface area contributed by atoms with Crippen molar-refractivity contribution in [3.8, 4) is 11.8 Å². The maximum absolute atomic E-state index is 8.96. The minimum absolute atomic E-state index is 0.365. The van der Waals surface area contributed by atoms with Gasteiger partial charge in [0.25, 0.3) is 0 Å². The Kier molecular flexibility index (Phi) is 3.75. The number of rotatable bonds is 4. The second kappa shape index (κ2) is 5.31. The molecule has 0 heterocycles. The molecule has 1 aromatic rings. The molecule has 0 unspecified atom stereocenters. The Morgan fingerprint density at radius 2 is 2.21 bits per heavy atom. The highest BCUT2D eigenvalue weighted by molar-refractivity contribution is 6.04. The first-order valence-electron chi connectivity index (χ1n) is 6.44. The molecule has 0 fully saturated rings. The van der Waals surface area contributed by atoms with Gasteiger partial charge in [0.15, 0.2) is 0 Å². The fourth-order valence-corrected chi connectivity index (χ4v) is 2.18. The molecule has 100 valence electrons. The molecule has 0 aromatic heterocycles. The van der Waals surface area contributed by atoms with Crippen molar-refractivity contribution in [1.82, 2.24) is 0 Å². The number of oxime groups is 1. The molecule has 4 heteroatoms. The fraction of sp³-hybridized carbons (Fsp3) is 0.467. The number of nitrogens with zero attached hydrogens (tertiary/aromatic N) is 2. The van der Waals surface area contributed by atoms with Gasteiger partial charge in [0, 0.05) is 11.1 Å². The van der Waals surface area contributed by atoms with Crippen LogP contribution in [0, 0.1) is 16.7 Å². The molecule has 0 atom stereocenters. The molecule has 19 heavy (non-hydrogen) atoms. The van der Waals surface area contributed by atoms with Crippen LogP contribution in [0.4, 0.5) is 0 Å². The Bertz CT molecular complexity index is 542. The lowest BCUT2D eigenvalue weighted by atomic mass is 9.92. The number of nitriles is 1. The zero-order chi connectivity index (χ0) is 13.9. The summed E-state index contributed by atoms with van der Waals surface area (Å²) >= 11 is 0. The summed E-state index contributed by atoms with van der Waals surface area (Å²) in [4.78, 5) is 0. The number of hydrogen-bond donors (Lipinski definition) is 1. The third-order valence-electron chi connectivity index (χ3n) is 3.46. The molecule has 1 aliphatic rings. The zero-order valence-electron chi connectivity index (χ0n) is 11.3. The van der Waals surface area contributed by atoms with E-state index in [4.69, 9.17) is 15.2 Å². The van der Waals surface area contributed by atoms with Crippen molar-refractivity contribution in [1.29, 1.82) is 5.26 Å². The van der Waals surface area contributed by atoms with Crippen LogP contribution in [0.3, 0.4) is 0 Å². The first kappa shape index (κ1) is 13.4. The summed E-state index contributed by atoms with van der Waals surface area (Å²) in [6, 6.07) is 8.04. The van der Waals surface area contributed by atoms with Crippen LogP contribution >= 0.6 is 0 Å². The minimum Gasteiger partial charge on any atom is -0.493 e. The van der Waals surface area contributed by atoms with E-state index in [1.54, 1.807) is 0 Å². The topological polar surface area (TPSA) is 65.6 Å². The van der Waals surface area contributed by atoms with E-state index in [0.29, 0.717) is 13.0 Å². The SMILES string of the molecule is CC(C)(C#N)CCOc1cccc2c1CCC2=NO. The van der Waals surface area contributed by atoms with Gasteiger partial charge in [-0.05, 0) is 39.2 Å². The van der Waals surface area contributed by atoms with Crippen molar-refractivity contribution in [2.45, 2.75) is 33.1 Å².